The van der Waals surface area contributed by atoms with Crippen LogP contribution in [0.15, 0.2) is 0 Å². The van der Waals surface area contributed by atoms with Gasteiger partial charge in [-0.05, 0) is 0 Å². The first-order valence-electron chi connectivity index (χ1n) is 0.500. The van der Waals surface area contributed by atoms with Crippen molar-refractivity contribution in [3.63, 3.8) is 0 Å². The molecule has 0 aromatic carbocycles. The zero-order valence-corrected chi connectivity index (χ0v) is 9.12. The van der Waals surface area contributed by atoms with E-state index in [4.69, 9.17) is 13.3 Å². The summed E-state index contributed by atoms with van der Waals surface area (Å²) in [6.07, 6.45) is 0. The first kappa shape index (κ1) is 15.6. The van der Waals surface area contributed by atoms with Gasteiger partial charge in [-0.3, -0.25) is 4.21 Å². The van der Waals surface area contributed by atoms with Crippen LogP contribution in [0.4, 0.5) is 0 Å². The van der Waals surface area contributed by atoms with E-state index in [2.05, 4.69) is 0 Å². The van der Waals surface area contributed by atoms with Gasteiger partial charge in [0.05, 0.1) is 0 Å². The molecule has 0 atom stereocenters. The van der Waals surface area contributed by atoms with Crippen molar-refractivity contribution in [1.82, 2.24) is 0 Å². The predicted octanol–water partition coefficient (Wildman–Crippen LogP) is -3.89. The minimum absolute atomic E-state index is 0. The molecule has 0 unspecified atom stereocenters. The van der Waals surface area contributed by atoms with Crippen LogP contribution < -0.4 is 29.6 Å². The SMILES string of the molecule is O=S([O-])[O-].[H-].[Na+].[Zn+2]. The molecule has 0 aromatic rings. The summed E-state index contributed by atoms with van der Waals surface area (Å²) in [7, 11) is 0. The monoisotopic (exact) mass is 168 g/mol. The molecule has 6 heavy (non-hydrogen) atoms. The zero-order chi connectivity index (χ0) is 3.58. The third kappa shape index (κ3) is 43.7. The summed E-state index contributed by atoms with van der Waals surface area (Å²) < 4.78 is 25.3. The van der Waals surface area contributed by atoms with E-state index in [9.17, 15) is 0 Å². The zero-order valence-electron chi connectivity index (χ0n) is 4.34. The van der Waals surface area contributed by atoms with Gasteiger partial charge < -0.3 is 10.5 Å². The van der Waals surface area contributed by atoms with Crippen molar-refractivity contribution in [3.05, 3.63) is 0 Å². The summed E-state index contributed by atoms with van der Waals surface area (Å²) in [4.78, 5) is 0. The van der Waals surface area contributed by atoms with Crippen LogP contribution in [-0.4, -0.2) is 13.3 Å². The fourth-order valence-corrected chi connectivity index (χ4v) is 0. The van der Waals surface area contributed by atoms with Crippen molar-refractivity contribution < 1.29 is 63.8 Å². The Kier molecular flexibility index (Phi) is 25.7. The van der Waals surface area contributed by atoms with Gasteiger partial charge in [0.25, 0.3) is 0 Å². The maximum Gasteiger partial charge on any atom is 2.00 e. The maximum absolute atomic E-state index is 8.44. The number of hydrogen-bond donors (Lipinski definition) is 0. The molecule has 0 saturated carbocycles. The van der Waals surface area contributed by atoms with Gasteiger partial charge in [0.2, 0.25) is 0 Å². The molecule has 0 fully saturated rings. The molecule has 28 valence electrons. The van der Waals surface area contributed by atoms with Crippen LogP contribution in [0.25, 0.3) is 0 Å². The summed E-state index contributed by atoms with van der Waals surface area (Å²) in [5.74, 6) is 0. The van der Waals surface area contributed by atoms with Crippen LogP contribution in [0.1, 0.15) is 1.43 Å². The normalized spacial score (nSPS) is 5.83. The molecule has 0 amide bonds. The Morgan fingerprint density at radius 3 is 1.50 bits per heavy atom. The van der Waals surface area contributed by atoms with E-state index in [-0.39, 0.29) is 50.5 Å². The van der Waals surface area contributed by atoms with Crippen LogP contribution in [0.5, 0.6) is 0 Å². The van der Waals surface area contributed by atoms with Crippen LogP contribution >= 0.6 is 0 Å². The van der Waals surface area contributed by atoms with E-state index in [1.165, 1.54) is 0 Å². The molecular formula is HNaO3SZn. The Balaban J connectivity index is -0.0000000150. The first-order chi connectivity index (χ1) is 1.73. The second-order valence-electron chi connectivity index (χ2n) is 0.204. The second kappa shape index (κ2) is 9.85. The van der Waals surface area contributed by atoms with Gasteiger partial charge in [-0.25, -0.2) is 0 Å². The van der Waals surface area contributed by atoms with Gasteiger partial charge in [0.15, 0.2) is 0 Å². The topological polar surface area (TPSA) is 63.2 Å². The molecule has 0 bridgehead atoms. The van der Waals surface area contributed by atoms with Gasteiger partial charge in [-0.2, -0.15) is 0 Å². The largest absolute Gasteiger partial charge is 2.00 e. The minimum Gasteiger partial charge on any atom is -1.00 e. The van der Waals surface area contributed by atoms with Gasteiger partial charge in [-0.1, -0.05) is 0 Å². The first-order valence-corrected chi connectivity index (χ1v) is 1.50. The summed E-state index contributed by atoms with van der Waals surface area (Å²) in [5, 5.41) is 0. The van der Waals surface area contributed by atoms with Gasteiger partial charge in [0, 0.05) is 0 Å². The third-order valence-electron chi connectivity index (χ3n) is 0. The molecule has 0 aromatic heterocycles. The van der Waals surface area contributed by atoms with E-state index < -0.39 is 11.4 Å². The molecule has 0 aliphatic heterocycles. The van der Waals surface area contributed by atoms with Gasteiger partial charge in [0.1, 0.15) is 0 Å². The van der Waals surface area contributed by atoms with E-state index in [1.54, 1.807) is 0 Å². The van der Waals surface area contributed by atoms with Crippen molar-refractivity contribution in [2.45, 2.75) is 0 Å². The Morgan fingerprint density at radius 1 is 1.50 bits per heavy atom. The molecule has 0 saturated heterocycles. The van der Waals surface area contributed by atoms with Crippen LogP contribution in [0.3, 0.4) is 0 Å². The van der Waals surface area contributed by atoms with E-state index in [0.717, 1.165) is 0 Å². The van der Waals surface area contributed by atoms with Gasteiger partial charge >= 0.3 is 49.0 Å². The Labute approximate surface area is 74.5 Å². The van der Waals surface area contributed by atoms with E-state index in [1.807, 2.05) is 0 Å². The molecule has 6 heteroatoms. The van der Waals surface area contributed by atoms with Crippen molar-refractivity contribution in [2.75, 3.05) is 0 Å². The van der Waals surface area contributed by atoms with Gasteiger partial charge in [-0.15, -0.1) is 11.4 Å². The Morgan fingerprint density at radius 2 is 1.50 bits per heavy atom. The molecule has 0 aliphatic rings. The van der Waals surface area contributed by atoms with E-state index >= 15 is 0 Å². The van der Waals surface area contributed by atoms with Crippen LogP contribution in [0.2, 0.25) is 0 Å². The molecule has 0 N–H and O–H groups in total. The van der Waals surface area contributed by atoms with Crippen LogP contribution in [-0.2, 0) is 30.8 Å². The molecule has 0 rings (SSSR count). The fraction of sp³-hybridized carbons (Fsp3) is 0. The van der Waals surface area contributed by atoms with Crippen molar-refractivity contribution in [1.29, 1.82) is 0 Å². The maximum atomic E-state index is 8.44. The predicted molar refractivity (Wildman–Crippen MR) is 10.8 cm³/mol. The van der Waals surface area contributed by atoms with Crippen molar-refractivity contribution in [3.8, 4) is 0 Å². The number of hydrogen-bond acceptors (Lipinski definition) is 3. The van der Waals surface area contributed by atoms with Crippen molar-refractivity contribution >= 4 is 11.4 Å². The average Bonchev–Trinajstić information content (AvgIpc) is 0.811. The van der Waals surface area contributed by atoms with Crippen molar-refractivity contribution in [2.24, 2.45) is 0 Å². The van der Waals surface area contributed by atoms with E-state index in [0.29, 0.717) is 0 Å². The standard InChI is InChI=1S/Na.H2O3S.Zn.H/c;1-4(2)3;;/h;(H2,1,2,3);;/q+1;;+2;-1/p-2. The molecule has 0 heterocycles. The molecule has 0 radical (unpaired) electrons. The molecule has 0 spiro atoms. The summed E-state index contributed by atoms with van der Waals surface area (Å²) >= 11 is -3.11. The summed E-state index contributed by atoms with van der Waals surface area (Å²) in [6.45, 7) is 0. The third-order valence-corrected chi connectivity index (χ3v) is 0. The molecular weight excluding hydrogens is 168 g/mol. The quantitative estimate of drug-likeness (QED) is 0.275. The summed E-state index contributed by atoms with van der Waals surface area (Å²) in [5.41, 5.74) is 0. The summed E-state index contributed by atoms with van der Waals surface area (Å²) in [6, 6.07) is 0. The Hall–Kier alpha value is 1.69. The smallest absolute Gasteiger partial charge is 1.00 e. The molecule has 0 aliphatic carbocycles. The molecule has 3 nitrogen and oxygen atoms in total. The fourth-order valence-electron chi connectivity index (χ4n) is 0. The Bertz CT molecular complexity index is 37.9. The second-order valence-corrected chi connectivity index (χ2v) is 0.612. The number of rotatable bonds is 0. The average molecular weight is 169 g/mol. The minimum atomic E-state index is -3.11. The van der Waals surface area contributed by atoms with Crippen LogP contribution in [0, 0.1) is 0 Å².